The first-order chi connectivity index (χ1) is 13.7. The molecule has 0 unspecified atom stereocenters. The Morgan fingerprint density at radius 1 is 0.966 bits per heavy atom. The van der Waals surface area contributed by atoms with Crippen molar-refractivity contribution in [2.24, 2.45) is 4.99 Å². The third-order valence-corrected chi connectivity index (χ3v) is 5.24. The average Bonchev–Trinajstić information content (AvgIpc) is 2.75. The number of amides is 1. The van der Waals surface area contributed by atoms with Gasteiger partial charge in [0, 0.05) is 38.8 Å². The summed E-state index contributed by atoms with van der Waals surface area (Å²) in [5.41, 5.74) is 4.41. The van der Waals surface area contributed by atoms with Crippen LogP contribution in [0.1, 0.15) is 46.3 Å². The molecule has 0 aliphatic carbocycles. The molecule has 156 valence electrons. The van der Waals surface area contributed by atoms with Crippen LogP contribution >= 0.6 is 24.0 Å². The van der Waals surface area contributed by atoms with Gasteiger partial charge in [0.15, 0.2) is 5.96 Å². The third kappa shape index (κ3) is 6.73. The first kappa shape index (κ1) is 23.2. The summed E-state index contributed by atoms with van der Waals surface area (Å²) in [6, 6.07) is 16.2. The summed E-state index contributed by atoms with van der Waals surface area (Å²) in [7, 11) is 1.77. The SMILES string of the molecule is CN=C(NCc1ccc(C(=O)N2CCCCC2)cc1)NCc1ccccc1C.I. The highest BCUT2D eigenvalue weighted by Gasteiger charge is 2.17. The van der Waals surface area contributed by atoms with Gasteiger partial charge in [0.2, 0.25) is 0 Å². The summed E-state index contributed by atoms with van der Waals surface area (Å²) in [6.45, 7) is 5.26. The second-order valence-electron chi connectivity index (χ2n) is 7.26. The van der Waals surface area contributed by atoms with Crippen LogP contribution in [0.3, 0.4) is 0 Å². The van der Waals surface area contributed by atoms with Crippen molar-refractivity contribution in [2.75, 3.05) is 20.1 Å². The van der Waals surface area contributed by atoms with E-state index in [1.807, 2.05) is 41.3 Å². The fourth-order valence-corrected chi connectivity index (χ4v) is 3.44. The number of hydrogen-bond acceptors (Lipinski definition) is 2. The highest BCUT2D eigenvalue weighted by molar-refractivity contribution is 14.0. The van der Waals surface area contributed by atoms with Gasteiger partial charge in [0.1, 0.15) is 0 Å². The van der Waals surface area contributed by atoms with Gasteiger partial charge < -0.3 is 15.5 Å². The molecule has 0 bridgehead atoms. The number of nitrogens with zero attached hydrogens (tertiary/aromatic N) is 2. The highest BCUT2D eigenvalue weighted by Crippen LogP contribution is 2.14. The number of aryl methyl sites for hydroxylation is 1. The molecular weight excluding hydrogens is 475 g/mol. The van der Waals surface area contributed by atoms with E-state index in [0.717, 1.165) is 49.6 Å². The van der Waals surface area contributed by atoms with Crippen LogP contribution in [-0.4, -0.2) is 36.9 Å². The molecule has 0 aromatic heterocycles. The molecule has 0 atom stereocenters. The number of aliphatic imine (C=N–C) groups is 1. The van der Waals surface area contributed by atoms with E-state index >= 15 is 0 Å². The minimum Gasteiger partial charge on any atom is -0.352 e. The molecule has 6 heteroatoms. The van der Waals surface area contributed by atoms with Crippen molar-refractivity contribution in [3.63, 3.8) is 0 Å². The van der Waals surface area contributed by atoms with Gasteiger partial charge in [-0.15, -0.1) is 24.0 Å². The van der Waals surface area contributed by atoms with E-state index in [9.17, 15) is 4.79 Å². The number of nitrogens with one attached hydrogen (secondary N) is 2. The number of carbonyl (C=O) groups excluding carboxylic acids is 1. The van der Waals surface area contributed by atoms with Gasteiger partial charge in [-0.3, -0.25) is 9.79 Å². The van der Waals surface area contributed by atoms with Crippen LogP contribution in [0, 0.1) is 6.92 Å². The quantitative estimate of drug-likeness (QED) is 0.365. The lowest BCUT2D eigenvalue weighted by Gasteiger charge is -2.26. The number of hydrogen-bond donors (Lipinski definition) is 2. The van der Waals surface area contributed by atoms with E-state index in [-0.39, 0.29) is 29.9 Å². The molecule has 5 nitrogen and oxygen atoms in total. The van der Waals surface area contributed by atoms with Crippen LogP contribution in [-0.2, 0) is 13.1 Å². The lowest BCUT2D eigenvalue weighted by Crippen LogP contribution is -2.36. The Hall–Kier alpha value is -2.09. The predicted octanol–water partition coefficient (Wildman–Crippen LogP) is 4.10. The molecule has 2 aromatic rings. The van der Waals surface area contributed by atoms with E-state index in [1.54, 1.807) is 7.05 Å². The standard InChI is InChI=1S/C23H30N4O.HI/c1-18-8-4-5-9-21(18)17-26-23(24-2)25-16-19-10-12-20(13-11-19)22(28)27-14-6-3-7-15-27;/h4-5,8-13H,3,6-7,14-17H2,1-2H3,(H2,24,25,26);1H. The van der Waals surface area contributed by atoms with E-state index in [4.69, 9.17) is 0 Å². The van der Waals surface area contributed by atoms with Gasteiger partial charge in [-0.1, -0.05) is 36.4 Å². The van der Waals surface area contributed by atoms with Crippen LogP contribution in [0.4, 0.5) is 0 Å². The lowest BCUT2D eigenvalue weighted by molar-refractivity contribution is 0.0724. The number of benzene rings is 2. The zero-order valence-corrected chi connectivity index (χ0v) is 19.6. The lowest BCUT2D eigenvalue weighted by atomic mass is 10.1. The van der Waals surface area contributed by atoms with Crippen molar-refractivity contribution in [3.8, 4) is 0 Å². The first-order valence-electron chi connectivity index (χ1n) is 10.0. The van der Waals surface area contributed by atoms with Crippen molar-refractivity contribution in [1.82, 2.24) is 15.5 Å². The molecule has 2 N–H and O–H groups in total. The minimum absolute atomic E-state index is 0. The normalized spacial score (nSPS) is 14.1. The zero-order chi connectivity index (χ0) is 19.8. The number of carbonyl (C=O) groups is 1. The Kier molecular flexibility index (Phi) is 9.44. The molecule has 3 rings (SSSR count). The molecule has 29 heavy (non-hydrogen) atoms. The fraction of sp³-hybridized carbons (Fsp3) is 0.391. The van der Waals surface area contributed by atoms with Crippen molar-refractivity contribution in [3.05, 3.63) is 70.8 Å². The van der Waals surface area contributed by atoms with Crippen LogP contribution in [0.2, 0.25) is 0 Å². The maximum absolute atomic E-state index is 12.6. The van der Waals surface area contributed by atoms with Gasteiger partial charge in [0.25, 0.3) is 5.91 Å². The monoisotopic (exact) mass is 506 g/mol. The number of likely N-dealkylation sites (tertiary alicyclic amines) is 1. The highest BCUT2D eigenvalue weighted by atomic mass is 127. The van der Waals surface area contributed by atoms with E-state index < -0.39 is 0 Å². The van der Waals surface area contributed by atoms with Crippen LogP contribution in [0.5, 0.6) is 0 Å². The Morgan fingerprint density at radius 3 is 2.28 bits per heavy atom. The Balaban J connectivity index is 0.00000300. The summed E-state index contributed by atoms with van der Waals surface area (Å²) in [4.78, 5) is 18.8. The molecule has 1 aliphatic heterocycles. The Bertz CT molecular complexity index is 814. The topological polar surface area (TPSA) is 56.7 Å². The predicted molar refractivity (Wildman–Crippen MR) is 130 cm³/mol. The second-order valence-corrected chi connectivity index (χ2v) is 7.26. The maximum atomic E-state index is 12.6. The summed E-state index contributed by atoms with van der Waals surface area (Å²) < 4.78 is 0. The summed E-state index contributed by atoms with van der Waals surface area (Å²) in [5.74, 6) is 0.909. The number of rotatable bonds is 5. The van der Waals surface area contributed by atoms with Crippen LogP contribution in [0.25, 0.3) is 0 Å². The van der Waals surface area contributed by atoms with Crippen molar-refractivity contribution < 1.29 is 4.79 Å². The van der Waals surface area contributed by atoms with Crippen molar-refractivity contribution >= 4 is 35.8 Å². The van der Waals surface area contributed by atoms with Crippen molar-refractivity contribution in [2.45, 2.75) is 39.3 Å². The number of guanidine groups is 1. The Morgan fingerprint density at radius 2 is 1.62 bits per heavy atom. The molecule has 1 fully saturated rings. The molecule has 0 spiro atoms. The minimum atomic E-state index is 0. The maximum Gasteiger partial charge on any atom is 0.253 e. The molecule has 1 aliphatic rings. The largest absolute Gasteiger partial charge is 0.352 e. The molecular formula is C23H31IN4O. The molecule has 1 saturated heterocycles. The van der Waals surface area contributed by atoms with Crippen LogP contribution in [0.15, 0.2) is 53.5 Å². The molecule has 1 heterocycles. The summed E-state index contributed by atoms with van der Waals surface area (Å²) in [5, 5.41) is 6.68. The summed E-state index contributed by atoms with van der Waals surface area (Å²) >= 11 is 0. The average molecular weight is 506 g/mol. The smallest absolute Gasteiger partial charge is 0.253 e. The van der Waals surface area contributed by atoms with E-state index in [0.29, 0.717) is 6.54 Å². The van der Waals surface area contributed by atoms with Crippen LogP contribution < -0.4 is 10.6 Å². The van der Waals surface area contributed by atoms with Gasteiger partial charge in [-0.05, 0) is 55.0 Å². The summed E-state index contributed by atoms with van der Waals surface area (Å²) in [6.07, 6.45) is 3.46. The van der Waals surface area contributed by atoms with Gasteiger partial charge in [-0.2, -0.15) is 0 Å². The molecule has 0 saturated carbocycles. The van der Waals surface area contributed by atoms with E-state index in [1.165, 1.54) is 17.5 Å². The van der Waals surface area contributed by atoms with Gasteiger partial charge >= 0.3 is 0 Å². The van der Waals surface area contributed by atoms with Gasteiger partial charge in [-0.25, -0.2) is 0 Å². The number of piperidine rings is 1. The number of halogens is 1. The second kappa shape index (κ2) is 11.8. The van der Waals surface area contributed by atoms with Gasteiger partial charge in [0.05, 0.1) is 0 Å². The Labute approximate surface area is 191 Å². The fourth-order valence-electron chi connectivity index (χ4n) is 3.44. The van der Waals surface area contributed by atoms with E-state index in [2.05, 4.69) is 34.7 Å². The zero-order valence-electron chi connectivity index (χ0n) is 17.3. The molecule has 2 aromatic carbocycles. The molecule has 1 amide bonds. The first-order valence-corrected chi connectivity index (χ1v) is 10.0. The van der Waals surface area contributed by atoms with Crippen molar-refractivity contribution in [1.29, 1.82) is 0 Å². The third-order valence-electron chi connectivity index (χ3n) is 5.24. The molecule has 0 radical (unpaired) electrons.